The number of allylic oxidation sites excluding steroid dienone is 10. The fourth-order valence-corrected chi connectivity index (χ4v) is 2.08. The summed E-state index contributed by atoms with van der Waals surface area (Å²) in [6.07, 6.45) is 14.6. The molecule has 0 spiro atoms. The van der Waals surface area contributed by atoms with E-state index in [4.69, 9.17) is 0 Å². The molecule has 0 amide bonds. The molecule has 0 aliphatic heterocycles. The van der Waals surface area contributed by atoms with Gasteiger partial charge in [-0.05, 0) is 35.5 Å². The Balaban J connectivity index is 2.22. The van der Waals surface area contributed by atoms with E-state index in [0.29, 0.717) is 0 Å². The minimum atomic E-state index is 0.268. The highest BCUT2D eigenvalue weighted by Crippen LogP contribution is 2.32. The van der Waals surface area contributed by atoms with Crippen LogP contribution in [0, 0.1) is 5.41 Å². The number of hydrogen-bond acceptors (Lipinski definition) is 0. The largest absolute Gasteiger partial charge is 0.0764 e. The van der Waals surface area contributed by atoms with Gasteiger partial charge in [-0.1, -0.05) is 62.8 Å². The van der Waals surface area contributed by atoms with Crippen LogP contribution in [0.3, 0.4) is 0 Å². The van der Waals surface area contributed by atoms with Crippen molar-refractivity contribution in [2.45, 2.75) is 34.1 Å². The lowest BCUT2D eigenvalue weighted by Crippen LogP contribution is -2.09. The molecule has 0 atom stereocenters. The minimum absolute atomic E-state index is 0.268. The van der Waals surface area contributed by atoms with Crippen LogP contribution >= 0.6 is 0 Å². The maximum atomic E-state index is 2.36. The molecule has 0 radical (unpaired) electrons. The van der Waals surface area contributed by atoms with Crippen LogP contribution in [0.2, 0.25) is 0 Å². The van der Waals surface area contributed by atoms with Crippen molar-refractivity contribution in [2.75, 3.05) is 0 Å². The predicted molar refractivity (Wildman–Crippen MR) is 71.2 cm³/mol. The van der Waals surface area contributed by atoms with E-state index in [0.717, 1.165) is 6.42 Å². The highest BCUT2D eigenvalue weighted by Gasteiger charge is 2.17. The molecule has 0 nitrogen and oxygen atoms in total. The van der Waals surface area contributed by atoms with Crippen molar-refractivity contribution < 1.29 is 0 Å². The summed E-state index contributed by atoms with van der Waals surface area (Å²) in [7, 11) is 0. The van der Waals surface area contributed by atoms with Crippen molar-refractivity contribution in [3.05, 3.63) is 58.7 Å². The van der Waals surface area contributed by atoms with Crippen molar-refractivity contribution in [1.82, 2.24) is 0 Å². The third-order valence-corrected chi connectivity index (χ3v) is 3.15. The smallest absolute Gasteiger partial charge is 0.00855 e. The van der Waals surface area contributed by atoms with Crippen molar-refractivity contribution in [3.63, 3.8) is 0 Å². The van der Waals surface area contributed by atoms with Crippen LogP contribution in [0.5, 0.6) is 0 Å². The Hall–Kier alpha value is -1.30. The van der Waals surface area contributed by atoms with Crippen LogP contribution in [0.4, 0.5) is 0 Å². The van der Waals surface area contributed by atoms with Gasteiger partial charge in [-0.15, -0.1) is 0 Å². The standard InChI is InChI=1S/C16H20/c1-12-5-6-14(11-12)13-7-9-15(10-8-13)16(2,3)4/h5-7,9-11H,8H2,1-4H3/b14-13-. The first kappa shape index (κ1) is 11.2. The molecule has 0 saturated carbocycles. The summed E-state index contributed by atoms with van der Waals surface area (Å²) in [6, 6.07) is 0. The zero-order valence-electron chi connectivity index (χ0n) is 10.7. The van der Waals surface area contributed by atoms with E-state index in [-0.39, 0.29) is 5.41 Å². The van der Waals surface area contributed by atoms with Gasteiger partial charge in [0.05, 0.1) is 0 Å². The lowest BCUT2D eigenvalue weighted by atomic mass is 9.82. The summed E-state index contributed by atoms with van der Waals surface area (Å²) >= 11 is 0. The van der Waals surface area contributed by atoms with E-state index in [2.05, 4.69) is 64.2 Å². The van der Waals surface area contributed by atoms with Crippen LogP contribution < -0.4 is 0 Å². The first-order valence-corrected chi connectivity index (χ1v) is 5.95. The summed E-state index contributed by atoms with van der Waals surface area (Å²) in [4.78, 5) is 0. The van der Waals surface area contributed by atoms with Gasteiger partial charge < -0.3 is 0 Å². The van der Waals surface area contributed by atoms with Gasteiger partial charge in [0, 0.05) is 0 Å². The second-order valence-electron chi connectivity index (χ2n) is 5.65. The number of rotatable bonds is 0. The van der Waals surface area contributed by atoms with Crippen LogP contribution in [-0.4, -0.2) is 0 Å². The molecule has 2 aliphatic carbocycles. The summed E-state index contributed by atoms with van der Waals surface area (Å²) in [6.45, 7) is 8.94. The first-order valence-electron chi connectivity index (χ1n) is 5.95. The summed E-state index contributed by atoms with van der Waals surface area (Å²) in [5.74, 6) is 0. The summed E-state index contributed by atoms with van der Waals surface area (Å²) in [5, 5.41) is 0. The average molecular weight is 212 g/mol. The normalized spacial score (nSPS) is 24.8. The molecule has 84 valence electrons. The van der Waals surface area contributed by atoms with E-state index in [1.165, 1.54) is 22.3 Å². The van der Waals surface area contributed by atoms with Gasteiger partial charge in [0.1, 0.15) is 0 Å². The quantitative estimate of drug-likeness (QED) is 0.544. The molecule has 0 N–H and O–H groups in total. The molecule has 16 heavy (non-hydrogen) atoms. The van der Waals surface area contributed by atoms with Crippen molar-refractivity contribution in [2.24, 2.45) is 5.41 Å². The second-order valence-corrected chi connectivity index (χ2v) is 5.65. The molecule has 0 saturated heterocycles. The average Bonchev–Trinajstić information content (AvgIpc) is 2.64. The Morgan fingerprint density at radius 1 is 1.00 bits per heavy atom. The van der Waals surface area contributed by atoms with Gasteiger partial charge in [0.25, 0.3) is 0 Å². The van der Waals surface area contributed by atoms with E-state index in [1.807, 2.05) is 0 Å². The summed E-state index contributed by atoms with van der Waals surface area (Å²) in [5.41, 5.74) is 5.87. The molecule has 2 rings (SSSR count). The molecular weight excluding hydrogens is 192 g/mol. The zero-order valence-corrected chi connectivity index (χ0v) is 10.7. The Kier molecular flexibility index (Phi) is 2.75. The molecule has 0 unspecified atom stereocenters. The van der Waals surface area contributed by atoms with Crippen molar-refractivity contribution in [1.29, 1.82) is 0 Å². The second kappa shape index (κ2) is 3.93. The van der Waals surface area contributed by atoms with Crippen LogP contribution in [0.15, 0.2) is 58.7 Å². The molecule has 0 bridgehead atoms. The fourth-order valence-electron chi connectivity index (χ4n) is 2.08. The fraction of sp³-hybridized carbons (Fsp3) is 0.375. The Labute approximate surface area is 98.8 Å². The van der Waals surface area contributed by atoms with Gasteiger partial charge in [-0.2, -0.15) is 0 Å². The zero-order chi connectivity index (χ0) is 11.8. The van der Waals surface area contributed by atoms with E-state index < -0.39 is 0 Å². The highest BCUT2D eigenvalue weighted by atomic mass is 14.2. The molecule has 0 heteroatoms. The van der Waals surface area contributed by atoms with Crippen molar-refractivity contribution >= 4 is 0 Å². The topological polar surface area (TPSA) is 0 Å². The molecule has 0 aromatic heterocycles. The van der Waals surface area contributed by atoms with Crippen LogP contribution in [-0.2, 0) is 0 Å². The van der Waals surface area contributed by atoms with E-state index in [1.54, 1.807) is 0 Å². The highest BCUT2D eigenvalue weighted by molar-refractivity contribution is 5.53. The van der Waals surface area contributed by atoms with Gasteiger partial charge in [-0.25, -0.2) is 0 Å². The molecule has 0 aromatic carbocycles. The van der Waals surface area contributed by atoms with Crippen LogP contribution in [0.1, 0.15) is 34.1 Å². The van der Waals surface area contributed by atoms with Gasteiger partial charge >= 0.3 is 0 Å². The lowest BCUT2D eigenvalue weighted by molar-refractivity contribution is 0.514. The molecule has 2 aliphatic rings. The van der Waals surface area contributed by atoms with Gasteiger partial charge in [0.2, 0.25) is 0 Å². The van der Waals surface area contributed by atoms with Crippen molar-refractivity contribution in [3.8, 4) is 0 Å². The van der Waals surface area contributed by atoms with Gasteiger partial charge in [-0.3, -0.25) is 0 Å². The molecule has 0 heterocycles. The SMILES string of the molecule is CC1=C/C(=C2/C=CC(C(C)(C)C)=CC2)C=C1. The first-order chi connectivity index (χ1) is 7.47. The third kappa shape index (κ3) is 2.27. The van der Waals surface area contributed by atoms with Gasteiger partial charge in [0.15, 0.2) is 0 Å². The predicted octanol–water partition coefficient (Wildman–Crippen LogP) is 4.73. The Morgan fingerprint density at radius 2 is 1.75 bits per heavy atom. The number of hydrogen-bond donors (Lipinski definition) is 0. The third-order valence-electron chi connectivity index (χ3n) is 3.15. The molecule has 0 fully saturated rings. The maximum absolute atomic E-state index is 2.36. The van der Waals surface area contributed by atoms with Crippen LogP contribution in [0.25, 0.3) is 0 Å². The summed E-state index contributed by atoms with van der Waals surface area (Å²) < 4.78 is 0. The molecular formula is C16H20. The van der Waals surface area contributed by atoms with E-state index >= 15 is 0 Å². The Morgan fingerprint density at radius 3 is 2.19 bits per heavy atom. The minimum Gasteiger partial charge on any atom is -0.0764 e. The monoisotopic (exact) mass is 212 g/mol. The Bertz CT molecular complexity index is 443. The van der Waals surface area contributed by atoms with E-state index in [9.17, 15) is 0 Å². The maximum Gasteiger partial charge on any atom is -0.00855 e. The lowest BCUT2D eigenvalue weighted by Gasteiger charge is -2.23. The molecule has 0 aromatic rings.